The van der Waals surface area contributed by atoms with Gasteiger partial charge in [-0.15, -0.1) is 11.3 Å². The summed E-state index contributed by atoms with van der Waals surface area (Å²) >= 11 is 1.72. The predicted octanol–water partition coefficient (Wildman–Crippen LogP) is 1.97. The van der Waals surface area contributed by atoms with E-state index in [-0.39, 0.29) is 5.75 Å². The van der Waals surface area contributed by atoms with Gasteiger partial charge in [-0.1, -0.05) is 24.3 Å². The van der Waals surface area contributed by atoms with Crippen molar-refractivity contribution in [2.75, 3.05) is 14.1 Å². The van der Waals surface area contributed by atoms with Crippen molar-refractivity contribution in [2.45, 2.75) is 25.8 Å². The fourth-order valence-corrected chi connectivity index (χ4v) is 3.82. The molecule has 0 radical (unpaired) electrons. The normalized spacial score (nSPS) is 12.2. The molecule has 8 heteroatoms. The lowest BCUT2D eigenvalue weighted by Gasteiger charge is -2.12. The van der Waals surface area contributed by atoms with Crippen LogP contribution in [-0.4, -0.2) is 28.5 Å². The highest BCUT2D eigenvalue weighted by molar-refractivity contribution is 7.88. The van der Waals surface area contributed by atoms with Crippen LogP contribution in [0.5, 0.6) is 0 Å². The average molecular weight is 381 g/mol. The summed E-state index contributed by atoms with van der Waals surface area (Å²) in [7, 11) is -0.0823. The molecule has 0 aliphatic heterocycles. The molecule has 1 aromatic carbocycles. The molecule has 0 fully saturated rings. The molecule has 2 aromatic rings. The molecule has 2 rings (SSSR count). The van der Waals surface area contributed by atoms with Crippen LogP contribution in [0.3, 0.4) is 0 Å². The van der Waals surface area contributed by atoms with E-state index >= 15 is 0 Å². The van der Waals surface area contributed by atoms with E-state index in [2.05, 4.69) is 38.7 Å². The molecular weight excluding hydrogens is 356 g/mol. The highest BCUT2D eigenvalue weighted by atomic mass is 32.2. The molecule has 0 amide bonds. The minimum atomic E-state index is -3.24. The highest BCUT2D eigenvalue weighted by Gasteiger charge is 2.08. The number of aryl methyl sites for hydroxylation is 1. The predicted molar refractivity (Wildman–Crippen MR) is 104 cm³/mol. The van der Waals surface area contributed by atoms with Gasteiger partial charge in [-0.3, -0.25) is 4.99 Å². The minimum absolute atomic E-state index is 0.0133. The number of guanidine groups is 1. The first kappa shape index (κ1) is 19.4. The molecule has 3 N–H and O–H groups in total. The number of nitrogens with one attached hydrogen (secondary N) is 3. The Morgan fingerprint density at radius 3 is 2.28 bits per heavy atom. The van der Waals surface area contributed by atoms with Gasteiger partial charge in [0.15, 0.2) is 5.96 Å². The van der Waals surface area contributed by atoms with E-state index in [1.807, 2.05) is 24.3 Å². The van der Waals surface area contributed by atoms with Crippen LogP contribution in [-0.2, 0) is 28.9 Å². The second-order valence-corrected chi connectivity index (χ2v) is 8.51. The monoisotopic (exact) mass is 380 g/mol. The number of benzene rings is 1. The summed E-state index contributed by atoms with van der Waals surface area (Å²) in [5.41, 5.74) is 3.09. The lowest BCUT2D eigenvalue weighted by Crippen LogP contribution is -2.36. The van der Waals surface area contributed by atoms with Crippen LogP contribution in [0, 0.1) is 6.92 Å². The van der Waals surface area contributed by atoms with Gasteiger partial charge in [0.2, 0.25) is 10.0 Å². The van der Waals surface area contributed by atoms with Crippen molar-refractivity contribution in [3.8, 4) is 0 Å². The molecule has 0 saturated heterocycles. The molecule has 1 heterocycles. The number of nitrogens with zero attached hydrogens (tertiary/aromatic N) is 1. The van der Waals surface area contributed by atoms with E-state index < -0.39 is 10.0 Å². The van der Waals surface area contributed by atoms with Gasteiger partial charge in [0, 0.05) is 18.5 Å². The van der Waals surface area contributed by atoms with Crippen LogP contribution in [0.2, 0.25) is 0 Å². The maximum atomic E-state index is 11.6. The number of sulfonamides is 1. The van der Waals surface area contributed by atoms with E-state index in [0.717, 1.165) is 23.6 Å². The molecule has 0 aliphatic carbocycles. The molecule has 0 atom stereocenters. The maximum absolute atomic E-state index is 11.6. The molecule has 0 unspecified atom stereocenters. The zero-order chi connectivity index (χ0) is 18.3. The molecular formula is C17H24N4O2S2. The van der Waals surface area contributed by atoms with Gasteiger partial charge in [0.05, 0.1) is 12.3 Å². The standard InChI is InChI=1S/C17H24N4O2S2/c1-13-8-9-24-16(13)11-21-17(18-2)20-10-14-4-6-15(7-5-14)12-25(22,23)19-3/h4-9,19H,10-12H2,1-3H3,(H2,18,20,21). The number of thiophene rings is 1. The highest BCUT2D eigenvalue weighted by Crippen LogP contribution is 2.14. The first-order valence-corrected chi connectivity index (χ1v) is 10.4. The van der Waals surface area contributed by atoms with Crippen LogP contribution in [0.1, 0.15) is 21.6 Å². The minimum Gasteiger partial charge on any atom is -0.352 e. The number of rotatable bonds is 7. The van der Waals surface area contributed by atoms with E-state index in [0.29, 0.717) is 6.54 Å². The fraction of sp³-hybridized carbons (Fsp3) is 0.353. The summed E-state index contributed by atoms with van der Waals surface area (Å²) in [4.78, 5) is 5.51. The number of hydrogen-bond donors (Lipinski definition) is 3. The first-order valence-electron chi connectivity index (χ1n) is 7.90. The summed E-state index contributed by atoms with van der Waals surface area (Å²) in [6.45, 7) is 3.45. The van der Waals surface area contributed by atoms with Crippen molar-refractivity contribution < 1.29 is 8.42 Å². The largest absolute Gasteiger partial charge is 0.352 e. The van der Waals surface area contributed by atoms with E-state index in [1.165, 1.54) is 17.5 Å². The molecule has 1 aromatic heterocycles. The Hall–Kier alpha value is -1.90. The summed E-state index contributed by atoms with van der Waals surface area (Å²) in [5, 5.41) is 8.64. The Kier molecular flexibility index (Phi) is 6.98. The Morgan fingerprint density at radius 1 is 1.08 bits per heavy atom. The summed E-state index contributed by atoms with van der Waals surface area (Å²) in [6, 6.07) is 9.61. The van der Waals surface area contributed by atoms with Gasteiger partial charge in [0.1, 0.15) is 0 Å². The number of hydrogen-bond acceptors (Lipinski definition) is 4. The van der Waals surface area contributed by atoms with Gasteiger partial charge in [0.25, 0.3) is 0 Å². The topological polar surface area (TPSA) is 82.6 Å². The second kappa shape index (κ2) is 8.98. The van der Waals surface area contributed by atoms with Crippen LogP contribution < -0.4 is 15.4 Å². The zero-order valence-corrected chi connectivity index (χ0v) is 16.3. The molecule has 25 heavy (non-hydrogen) atoms. The summed E-state index contributed by atoms with van der Waals surface area (Å²) in [6.07, 6.45) is 0. The smallest absolute Gasteiger partial charge is 0.215 e. The van der Waals surface area contributed by atoms with E-state index in [9.17, 15) is 8.42 Å². The zero-order valence-electron chi connectivity index (χ0n) is 14.7. The van der Waals surface area contributed by atoms with Crippen molar-refractivity contribution in [3.05, 3.63) is 57.3 Å². The molecule has 0 saturated carbocycles. The Bertz CT molecular complexity index is 811. The molecule has 6 nitrogen and oxygen atoms in total. The van der Waals surface area contributed by atoms with Crippen molar-refractivity contribution in [1.82, 2.24) is 15.4 Å². The van der Waals surface area contributed by atoms with Crippen molar-refractivity contribution >= 4 is 27.3 Å². The lowest BCUT2D eigenvalue weighted by molar-refractivity contribution is 0.587. The van der Waals surface area contributed by atoms with Crippen LogP contribution >= 0.6 is 11.3 Å². The van der Waals surface area contributed by atoms with E-state index in [1.54, 1.807) is 18.4 Å². The second-order valence-electron chi connectivity index (χ2n) is 5.59. The van der Waals surface area contributed by atoms with Gasteiger partial charge >= 0.3 is 0 Å². The van der Waals surface area contributed by atoms with Crippen LogP contribution in [0.15, 0.2) is 40.7 Å². The Labute approximate surface area is 153 Å². The lowest BCUT2D eigenvalue weighted by atomic mass is 10.1. The third-order valence-corrected chi connectivity index (χ3v) is 6.12. The molecule has 0 aliphatic rings. The van der Waals surface area contributed by atoms with Gasteiger partial charge in [-0.05, 0) is 42.1 Å². The van der Waals surface area contributed by atoms with Gasteiger partial charge < -0.3 is 10.6 Å². The Morgan fingerprint density at radius 2 is 1.72 bits per heavy atom. The molecule has 0 spiro atoms. The van der Waals surface area contributed by atoms with Gasteiger partial charge in [-0.25, -0.2) is 13.1 Å². The third-order valence-electron chi connectivity index (χ3n) is 3.76. The van der Waals surface area contributed by atoms with Crippen LogP contribution in [0.25, 0.3) is 0 Å². The summed E-state index contributed by atoms with van der Waals surface area (Å²) < 4.78 is 25.4. The van der Waals surface area contributed by atoms with Crippen molar-refractivity contribution in [3.63, 3.8) is 0 Å². The van der Waals surface area contributed by atoms with Crippen molar-refractivity contribution in [1.29, 1.82) is 0 Å². The van der Waals surface area contributed by atoms with Crippen LogP contribution in [0.4, 0.5) is 0 Å². The summed E-state index contributed by atoms with van der Waals surface area (Å²) in [5.74, 6) is 0.718. The SMILES string of the molecule is CN=C(NCc1ccc(CS(=O)(=O)NC)cc1)NCc1sccc1C. The first-order chi connectivity index (χ1) is 11.9. The average Bonchev–Trinajstić information content (AvgIpc) is 3.01. The Balaban J connectivity index is 1.86. The van der Waals surface area contributed by atoms with E-state index in [4.69, 9.17) is 0 Å². The quantitative estimate of drug-likeness (QED) is 0.507. The molecule has 136 valence electrons. The van der Waals surface area contributed by atoms with Crippen molar-refractivity contribution in [2.24, 2.45) is 4.99 Å². The third kappa shape index (κ3) is 6.15. The van der Waals surface area contributed by atoms with Gasteiger partial charge in [-0.2, -0.15) is 0 Å². The fourth-order valence-electron chi connectivity index (χ4n) is 2.20. The maximum Gasteiger partial charge on any atom is 0.215 e. The number of aliphatic imine (C=N–C) groups is 1. The molecule has 0 bridgehead atoms.